The number of ether oxygens (including phenoxy) is 2. The van der Waals surface area contributed by atoms with Crippen LogP contribution < -0.4 is 4.74 Å². The minimum absolute atomic E-state index is 0.00395. The van der Waals surface area contributed by atoms with Gasteiger partial charge in [-0.05, 0) is 49.8 Å². The third-order valence-corrected chi connectivity index (χ3v) is 4.47. The second-order valence-corrected chi connectivity index (χ2v) is 6.83. The van der Waals surface area contributed by atoms with Crippen LogP contribution in [0.3, 0.4) is 0 Å². The Bertz CT molecular complexity index is 956. The van der Waals surface area contributed by atoms with Crippen LogP contribution in [0.1, 0.15) is 44.5 Å². The monoisotopic (exact) mass is 465 g/mol. The van der Waals surface area contributed by atoms with E-state index in [1.165, 1.54) is 18.2 Å². The number of halogens is 2. The molecule has 0 spiro atoms. The SMILES string of the molecule is CC(=O)O.CCOc1ccc(-c2ccc(F)cc2F)cc1C(=O)OC(=O)CCN(CC)CC. The summed E-state index contributed by atoms with van der Waals surface area (Å²) in [5.41, 5.74) is 0.467. The number of carboxylic acids is 1. The normalized spacial score (nSPS) is 10.3. The summed E-state index contributed by atoms with van der Waals surface area (Å²) in [6, 6.07) is 7.61. The lowest BCUT2D eigenvalue weighted by Crippen LogP contribution is -2.27. The largest absolute Gasteiger partial charge is 0.493 e. The molecule has 180 valence electrons. The molecule has 33 heavy (non-hydrogen) atoms. The molecule has 0 aliphatic rings. The molecular weight excluding hydrogens is 436 g/mol. The summed E-state index contributed by atoms with van der Waals surface area (Å²) >= 11 is 0. The van der Waals surface area contributed by atoms with Crippen molar-refractivity contribution in [1.29, 1.82) is 0 Å². The van der Waals surface area contributed by atoms with Crippen LogP contribution in [0, 0.1) is 11.6 Å². The van der Waals surface area contributed by atoms with Gasteiger partial charge in [0.15, 0.2) is 0 Å². The number of carbonyl (C=O) groups is 3. The fourth-order valence-corrected chi connectivity index (χ4v) is 2.86. The van der Waals surface area contributed by atoms with Gasteiger partial charge in [0.05, 0.1) is 13.0 Å². The highest BCUT2D eigenvalue weighted by molar-refractivity contribution is 6.00. The highest BCUT2D eigenvalue weighted by Gasteiger charge is 2.20. The minimum atomic E-state index is -0.873. The van der Waals surface area contributed by atoms with Gasteiger partial charge in [-0.25, -0.2) is 13.6 Å². The van der Waals surface area contributed by atoms with Gasteiger partial charge in [0.1, 0.15) is 22.9 Å². The topological polar surface area (TPSA) is 93.1 Å². The zero-order chi connectivity index (χ0) is 25.0. The second kappa shape index (κ2) is 13.9. The van der Waals surface area contributed by atoms with Gasteiger partial charge in [-0.1, -0.05) is 19.9 Å². The Morgan fingerprint density at radius 1 is 1.00 bits per heavy atom. The molecule has 9 heteroatoms. The van der Waals surface area contributed by atoms with Crippen LogP contribution in [0.15, 0.2) is 36.4 Å². The van der Waals surface area contributed by atoms with Gasteiger partial charge in [0.25, 0.3) is 5.97 Å². The van der Waals surface area contributed by atoms with E-state index in [1.54, 1.807) is 13.0 Å². The van der Waals surface area contributed by atoms with Gasteiger partial charge in [0.2, 0.25) is 0 Å². The molecule has 2 rings (SSSR count). The summed E-state index contributed by atoms with van der Waals surface area (Å²) in [7, 11) is 0. The number of esters is 2. The Morgan fingerprint density at radius 3 is 2.18 bits per heavy atom. The third-order valence-electron chi connectivity index (χ3n) is 4.47. The number of aliphatic carboxylic acids is 1. The maximum atomic E-state index is 14.1. The first-order valence-corrected chi connectivity index (χ1v) is 10.5. The third kappa shape index (κ3) is 9.36. The maximum absolute atomic E-state index is 14.1. The van der Waals surface area contributed by atoms with Crippen LogP contribution in [0.5, 0.6) is 5.75 Å². The quantitative estimate of drug-likeness (QED) is 0.429. The fraction of sp³-hybridized carbons (Fsp3) is 0.375. The molecule has 0 unspecified atom stereocenters. The summed E-state index contributed by atoms with van der Waals surface area (Å²) in [4.78, 5) is 35.7. The van der Waals surface area contributed by atoms with Crippen LogP contribution in [-0.2, 0) is 14.3 Å². The van der Waals surface area contributed by atoms with Crippen molar-refractivity contribution >= 4 is 17.9 Å². The van der Waals surface area contributed by atoms with Gasteiger partial charge in [-0.3, -0.25) is 9.59 Å². The Labute approximate surface area is 191 Å². The van der Waals surface area contributed by atoms with E-state index in [0.717, 1.165) is 32.1 Å². The molecule has 0 radical (unpaired) electrons. The van der Waals surface area contributed by atoms with Crippen molar-refractivity contribution in [2.24, 2.45) is 0 Å². The average molecular weight is 465 g/mol. The number of hydrogen-bond acceptors (Lipinski definition) is 6. The maximum Gasteiger partial charge on any atom is 0.349 e. The van der Waals surface area contributed by atoms with Crippen LogP contribution in [-0.4, -0.2) is 54.2 Å². The zero-order valence-electron chi connectivity index (χ0n) is 19.2. The van der Waals surface area contributed by atoms with Crippen molar-refractivity contribution in [2.75, 3.05) is 26.2 Å². The Kier molecular flexibility index (Phi) is 11.7. The van der Waals surface area contributed by atoms with E-state index in [0.29, 0.717) is 18.7 Å². The molecule has 0 fully saturated rings. The Balaban J connectivity index is 0.00000125. The van der Waals surface area contributed by atoms with E-state index < -0.39 is 29.5 Å². The Hall–Kier alpha value is -3.33. The molecule has 2 aromatic rings. The van der Waals surface area contributed by atoms with Gasteiger partial charge < -0.3 is 19.5 Å². The standard InChI is InChI=1S/C22H25F2NO4.C2H4O2/c1-4-25(5-2)12-11-21(26)29-22(27)18-13-15(7-10-20(18)28-6-3)17-9-8-16(23)14-19(17)24;1-2(3)4/h7-10,13-14H,4-6,11-12H2,1-3H3;1H3,(H,3,4). The van der Waals surface area contributed by atoms with E-state index in [4.69, 9.17) is 19.4 Å². The Morgan fingerprint density at radius 2 is 1.64 bits per heavy atom. The molecule has 0 aromatic heterocycles. The zero-order valence-corrected chi connectivity index (χ0v) is 19.2. The highest BCUT2D eigenvalue weighted by atomic mass is 19.1. The number of carbonyl (C=O) groups excluding carboxylic acids is 2. The molecule has 0 saturated carbocycles. The van der Waals surface area contributed by atoms with E-state index in [-0.39, 0.29) is 23.3 Å². The summed E-state index contributed by atoms with van der Waals surface area (Å²) in [5, 5.41) is 7.42. The van der Waals surface area contributed by atoms with Gasteiger partial charge >= 0.3 is 11.9 Å². The lowest BCUT2D eigenvalue weighted by atomic mass is 10.0. The summed E-state index contributed by atoms with van der Waals surface area (Å²) in [5.74, 6) is -3.59. The van der Waals surface area contributed by atoms with Crippen molar-refractivity contribution in [3.63, 3.8) is 0 Å². The number of nitrogens with zero attached hydrogens (tertiary/aromatic N) is 1. The molecule has 1 N–H and O–H groups in total. The van der Waals surface area contributed by atoms with Crippen LogP contribution >= 0.6 is 0 Å². The number of carboxylic acid groups (broad SMARTS) is 1. The van der Waals surface area contributed by atoms with E-state index in [1.807, 2.05) is 18.7 Å². The molecule has 0 saturated heterocycles. The first-order chi connectivity index (χ1) is 15.6. The smallest absolute Gasteiger partial charge is 0.349 e. The molecule has 0 aliphatic heterocycles. The molecule has 0 aliphatic carbocycles. The summed E-state index contributed by atoms with van der Waals surface area (Å²) < 4.78 is 37.7. The molecule has 7 nitrogen and oxygen atoms in total. The minimum Gasteiger partial charge on any atom is -0.493 e. The van der Waals surface area contributed by atoms with Gasteiger partial charge in [-0.15, -0.1) is 0 Å². The van der Waals surface area contributed by atoms with E-state index in [9.17, 15) is 18.4 Å². The predicted molar refractivity (Wildman–Crippen MR) is 119 cm³/mol. The second-order valence-electron chi connectivity index (χ2n) is 6.83. The summed E-state index contributed by atoms with van der Waals surface area (Å²) in [6.07, 6.45) is 0.0731. The summed E-state index contributed by atoms with van der Waals surface area (Å²) in [6.45, 7) is 9.15. The van der Waals surface area contributed by atoms with Gasteiger partial charge in [0, 0.05) is 25.1 Å². The lowest BCUT2D eigenvalue weighted by molar-refractivity contribution is -0.138. The fourth-order valence-electron chi connectivity index (χ4n) is 2.86. The number of benzene rings is 2. The lowest BCUT2D eigenvalue weighted by Gasteiger charge is -2.17. The van der Waals surface area contributed by atoms with Crippen LogP contribution in [0.25, 0.3) is 11.1 Å². The highest BCUT2D eigenvalue weighted by Crippen LogP contribution is 2.29. The van der Waals surface area contributed by atoms with E-state index in [2.05, 4.69) is 0 Å². The van der Waals surface area contributed by atoms with E-state index >= 15 is 0 Å². The van der Waals surface area contributed by atoms with Crippen molar-refractivity contribution < 1.29 is 37.7 Å². The van der Waals surface area contributed by atoms with Gasteiger partial charge in [-0.2, -0.15) is 0 Å². The van der Waals surface area contributed by atoms with Crippen molar-refractivity contribution in [3.05, 3.63) is 53.6 Å². The predicted octanol–water partition coefficient (Wildman–Crippen LogP) is 4.54. The molecule has 0 bridgehead atoms. The first kappa shape index (κ1) is 27.7. The molecule has 0 amide bonds. The molecule has 2 aromatic carbocycles. The van der Waals surface area contributed by atoms with Crippen molar-refractivity contribution in [2.45, 2.75) is 34.1 Å². The first-order valence-electron chi connectivity index (χ1n) is 10.5. The molecule has 0 atom stereocenters. The van der Waals surface area contributed by atoms with Crippen molar-refractivity contribution in [1.82, 2.24) is 4.90 Å². The molecular formula is C24H29F2NO6. The number of hydrogen-bond donors (Lipinski definition) is 1. The average Bonchev–Trinajstić information content (AvgIpc) is 2.74. The van der Waals surface area contributed by atoms with Crippen molar-refractivity contribution in [3.8, 4) is 16.9 Å². The molecule has 0 heterocycles. The number of rotatable bonds is 9. The van der Waals surface area contributed by atoms with Crippen LogP contribution in [0.2, 0.25) is 0 Å². The van der Waals surface area contributed by atoms with Crippen LogP contribution in [0.4, 0.5) is 8.78 Å².